The van der Waals surface area contributed by atoms with Gasteiger partial charge in [-0.05, 0) is 65.7 Å². The van der Waals surface area contributed by atoms with Crippen molar-refractivity contribution in [3.63, 3.8) is 0 Å². The van der Waals surface area contributed by atoms with Crippen molar-refractivity contribution in [3.05, 3.63) is 119 Å². The van der Waals surface area contributed by atoms with E-state index < -0.39 is 0 Å². The quantitative estimate of drug-likeness (QED) is 0.298. The lowest BCUT2D eigenvalue weighted by Gasteiger charge is -2.09. The zero-order valence-corrected chi connectivity index (χ0v) is 17.7. The van der Waals surface area contributed by atoms with Gasteiger partial charge in [0.05, 0.1) is 24.3 Å². The molecule has 4 rings (SSSR count). The van der Waals surface area contributed by atoms with Gasteiger partial charge in [0.1, 0.15) is 35.1 Å². The van der Waals surface area contributed by atoms with Gasteiger partial charge in [0.15, 0.2) is 11.4 Å². The van der Waals surface area contributed by atoms with Crippen molar-refractivity contribution in [1.29, 1.82) is 10.5 Å². The lowest BCUT2D eigenvalue weighted by atomic mass is 10.1. The third-order valence-electron chi connectivity index (χ3n) is 4.93. The molecule has 0 unspecified atom stereocenters. The van der Waals surface area contributed by atoms with Crippen LogP contribution in [0, 0.1) is 35.8 Å². The fourth-order valence-electron chi connectivity index (χ4n) is 3.23. The van der Waals surface area contributed by atoms with Gasteiger partial charge in [0, 0.05) is 0 Å². The first-order valence-electron chi connectivity index (χ1n) is 10.0. The van der Waals surface area contributed by atoms with Gasteiger partial charge in [0.25, 0.3) is 0 Å². The van der Waals surface area contributed by atoms with E-state index in [9.17, 15) is 0 Å². The first-order valence-corrected chi connectivity index (χ1v) is 10.0. The number of ether oxygens (including phenoxy) is 2. The Morgan fingerprint density at radius 3 is 1.50 bits per heavy atom. The highest BCUT2D eigenvalue weighted by Gasteiger charge is 2.07. The predicted molar refractivity (Wildman–Crippen MR) is 127 cm³/mol. The molecule has 0 N–H and O–H groups in total. The first-order chi connectivity index (χ1) is 16.6. The van der Waals surface area contributed by atoms with Crippen molar-refractivity contribution in [1.82, 2.24) is 0 Å². The van der Waals surface area contributed by atoms with Crippen LogP contribution in [0.5, 0.6) is 23.0 Å². The number of hydrogen-bond donors (Lipinski definition) is 0. The normalized spacial score (nSPS) is 9.65. The second kappa shape index (κ2) is 9.71. The highest BCUT2D eigenvalue weighted by Crippen LogP contribution is 2.34. The number of benzene rings is 4. The van der Waals surface area contributed by atoms with Crippen LogP contribution in [0.1, 0.15) is 11.1 Å². The maximum Gasteiger partial charge on any atom is 0.198 e. The van der Waals surface area contributed by atoms with E-state index in [1.165, 1.54) is 0 Å². The van der Waals surface area contributed by atoms with Crippen molar-refractivity contribution >= 4 is 11.4 Å². The molecule has 34 heavy (non-hydrogen) atoms. The molecule has 6 heteroatoms. The smallest absolute Gasteiger partial charge is 0.198 e. The number of hydrogen-bond acceptors (Lipinski definition) is 4. The molecule has 4 aromatic rings. The molecule has 0 saturated heterocycles. The van der Waals surface area contributed by atoms with Crippen molar-refractivity contribution in [2.75, 3.05) is 0 Å². The van der Waals surface area contributed by atoms with Gasteiger partial charge in [0.2, 0.25) is 0 Å². The molecule has 0 fully saturated rings. The van der Waals surface area contributed by atoms with E-state index in [1.54, 1.807) is 36.4 Å². The molecule has 0 aliphatic carbocycles. The highest BCUT2D eigenvalue weighted by atomic mass is 16.5. The van der Waals surface area contributed by atoms with E-state index in [0.29, 0.717) is 34.2 Å². The molecule has 0 aliphatic heterocycles. The highest BCUT2D eigenvalue weighted by molar-refractivity contribution is 5.72. The van der Waals surface area contributed by atoms with Gasteiger partial charge in [-0.3, -0.25) is 4.85 Å². The molecule has 0 amide bonds. The van der Waals surface area contributed by atoms with Gasteiger partial charge >= 0.3 is 0 Å². The van der Waals surface area contributed by atoms with Crippen LogP contribution in [-0.4, -0.2) is 0 Å². The topological polar surface area (TPSA) is 74.8 Å². The minimum atomic E-state index is 0.260. The summed E-state index contributed by atoms with van der Waals surface area (Å²) in [6.07, 6.45) is 0. The Kier molecular flexibility index (Phi) is 6.19. The summed E-state index contributed by atoms with van der Waals surface area (Å²) in [5.74, 6) is 2.20. The fourth-order valence-corrected chi connectivity index (χ4v) is 3.23. The van der Waals surface area contributed by atoms with Gasteiger partial charge in [-0.15, -0.1) is 0 Å². The molecule has 0 atom stereocenters. The average molecular weight is 438 g/mol. The van der Waals surface area contributed by atoms with Crippen LogP contribution in [0.4, 0.5) is 11.4 Å². The Morgan fingerprint density at radius 2 is 1.00 bits per heavy atom. The standard InChI is InChI=1S/C28H14N4O2/c1-31-27-14-13-26(16-28(27)32-2)34-24-10-5-20(6-11-24)19-3-8-23(9-4-19)33-25-12-7-21(17-29)22(15-25)18-30/h3-16H. The Morgan fingerprint density at radius 1 is 0.529 bits per heavy atom. The molecule has 0 spiro atoms. The summed E-state index contributed by atoms with van der Waals surface area (Å²) in [5.41, 5.74) is 3.10. The van der Waals surface area contributed by atoms with Crippen LogP contribution in [0.2, 0.25) is 0 Å². The lowest BCUT2D eigenvalue weighted by Crippen LogP contribution is -1.88. The van der Waals surface area contributed by atoms with Crippen LogP contribution in [0.15, 0.2) is 84.9 Å². The zero-order chi connectivity index (χ0) is 23.9. The lowest BCUT2D eigenvalue weighted by molar-refractivity contribution is 0.482. The Bertz CT molecular complexity index is 1410. The van der Waals surface area contributed by atoms with Gasteiger partial charge in [-0.2, -0.15) is 10.5 Å². The minimum absolute atomic E-state index is 0.260. The molecular formula is C28H14N4O2. The average Bonchev–Trinajstić information content (AvgIpc) is 2.89. The fraction of sp³-hybridized carbons (Fsp3) is 0. The number of nitrogens with zero attached hydrogens (tertiary/aromatic N) is 4. The molecule has 4 aromatic carbocycles. The molecule has 6 nitrogen and oxygen atoms in total. The van der Waals surface area contributed by atoms with Gasteiger partial charge < -0.3 is 9.47 Å². The van der Waals surface area contributed by atoms with Gasteiger partial charge in [-0.25, -0.2) is 4.85 Å². The number of rotatable bonds is 5. The summed E-state index contributed by atoms with van der Waals surface area (Å²) in [6.45, 7) is 14.3. The third-order valence-corrected chi connectivity index (χ3v) is 4.93. The van der Waals surface area contributed by atoms with Crippen molar-refractivity contribution in [2.45, 2.75) is 0 Å². The summed E-state index contributed by atoms with van der Waals surface area (Å²) in [4.78, 5) is 6.69. The largest absolute Gasteiger partial charge is 0.459 e. The molecule has 0 aromatic heterocycles. The minimum Gasteiger partial charge on any atom is -0.459 e. The Labute approximate surface area is 196 Å². The summed E-state index contributed by atoms with van der Waals surface area (Å²) >= 11 is 0. The van der Waals surface area contributed by atoms with Crippen LogP contribution in [0.25, 0.3) is 20.8 Å². The molecule has 0 heterocycles. The van der Waals surface area contributed by atoms with E-state index in [-0.39, 0.29) is 11.3 Å². The van der Waals surface area contributed by atoms with E-state index in [1.807, 2.05) is 60.7 Å². The Hall–Kier alpha value is -5.56. The maximum atomic E-state index is 9.16. The first kappa shape index (κ1) is 21.7. The van der Waals surface area contributed by atoms with E-state index in [2.05, 4.69) is 9.69 Å². The molecule has 0 saturated carbocycles. The third kappa shape index (κ3) is 4.68. The second-order valence-electron chi connectivity index (χ2n) is 7.06. The molecule has 0 radical (unpaired) electrons. The van der Waals surface area contributed by atoms with Crippen molar-refractivity contribution < 1.29 is 9.47 Å². The monoisotopic (exact) mass is 438 g/mol. The van der Waals surface area contributed by atoms with Gasteiger partial charge in [-0.1, -0.05) is 30.3 Å². The molecule has 0 bridgehead atoms. The SMILES string of the molecule is [C-]#[N+]c1ccc(Oc2ccc(-c3ccc(Oc4ccc(C#N)c(C#N)c4)cc3)cc2)cc1[N+]#[C-]. The van der Waals surface area contributed by atoms with Crippen molar-refractivity contribution in [2.24, 2.45) is 0 Å². The second-order valence-corrected chi connectivity index (χ2v) is 7.06. The van der Waals surface area contributed by atoms with E-state index >= 15 is 0 Å². The molecule has 158 valence electrons. The summed E-state index contributed by atoms with van der Waals surface area (Å²) in [7, 11) is 0. The zero-order valence-electron chi connectivity index (χ0n) is 17.7. The van der Waals surface area contributed by atoms with Crippen molar-refractivity contribution in [3.8, 4) is 46.3 Å². The summed E-state index contributed by atoms with van der Waals surface area (Å²) < 4.78 is 11.6. The molecule has 0 aliphatic rings. The maximum absolute atomic E-state index is 9.16. The molecular weight excluding hydrogens is 424 g/mol. The van der Waals surface area contributed by atoms with E-state index in [4.69, 9.17) is 33.1 Å². The summed E-state index contributed by atoms with van der Waals surface area (Å²) in [5, 5.41) is 18.2. The summed E-state index contributed by atoms with van der Waals surface area (Å²) in [6, 6.07) is 28.6. The van der Waals surface area contributed by atoms with Crippen LogP contribution < -0.4 is 9.47 Å². The predicted octanol–water partition coefficient (Wildman–Crippen LogP) is 7.78. The van der Waals surface area contributed by atoms with Crippen LogP contribution in [-0.2, 0) is 0 Å². The van der Waals surface area contributed by atoms with E-state index in [0.717, 1.165) is 11.1 Å². The number of nitriles is 2. The Balaban J connectivity index is 1.46. The van der Waals surface area contributed by atoms with Crippen LogP contribution >= 0.6 is 0 Å². The van der Waals surface area contributed by atoms with Crippen LogP contribution in [0.3, 0.4) is 0 Å².